The average Bonchev–Trinajstić information content (AvgIpc) is 2.45. The predicted molar refractivity (Wildman–Crippen MR) is 78.6 cm³/mol. The van der Waals surface area contributed by atoms with Gasteiger partial charge in [-0.15, -0.1) is 0 Å². The molecular weight excluding hydrogens is 292 g/mol. The van der Waals surface area contributed by atoms with E-state index < -0.39 is 5.97 Å². The van der Waals surface area contributed by atoms with E-state index >= 15 is 0 Å². The maximum atomic E-state index is 12.1. The van der Waals surface area contributed by atoms with Gasteiger partial charge in [0, 0.05) is 16.8 Å². The van der Waals surface area contributed by atoms with Crippen LogP contribution in [0, 0.1) is 6.92 Å². The number of aryl methyl sites for hydroxylation is 1. The third-order valence-corrected chi connectivity index (χ3v) is 3.16. The molecule has 6 heteroatoms. The van der Waals surface area contributed by atoms with E-state index in [1.54, 1.807) is 25.1 Å². The molecule has 0 unspecified atom stereocenters. The number of rotatable bonds is 4. The molecule has 0 fully saturated rings. The largest absolute Gasteiger partial charge is 0.478 e. The topological polar surface area (TPSA) is 79.3 Å². The summed E-state index contributed by atoms with van der Waals surface area (Å²) < 4.78 is 0. The van der Waals surface area contributed by atoms with Gasteiger partial charge in [-0.3, -0.25) is 9.78 Å². The lowest BCUT2D eigenvalue weighted by Gasteiger charge is -2.08. The van der Waals surface area contributed by atoms with Crippen LogP contribution in [0.1, 0.15) is 32.0 Å². The van der Waals surface area contributed by atoms with Gasteiger partial charge in [-0.2, -0.15) is 0 Å². The van der Waals surface area contributed by atoms with E-state index in [2.05, 4.69) is 10.3 Å². The first-order valence-electron chi connectivity index (χ1n) is 6.20. The number of benzene rings is 1. The Kier molecular flexibility index (Phi) is 4.55. The fourth-order valence-corrected chi connectivity index (χ4v) is 2.08. The number of hydrogen-bond acceptors (Lipinski definition) is 3. The average molecular weight is 305 g/mol. The molecule has 0 saturated heterocycles. The minimum atomic E-state index is -1.03. The van der Waals surface area contributed by atoms with E-state index in [-0.39, 0.29) is 18.0 Å². The molecule has 1 amide bonds. The number of amides is 1. The first-order valence-corrected chi connectivity index (χ1v) is 6.58. The van der Waals surface area contributed by atoms with Crippen LogP contribution in [-0.4, -0.2) is 22.0 Å². The molecule has 1 aromatic carbocycles. The lowest BCUT2D eigenvalue weighted by atomic mass is 10.1. The van der Waals surface area contributed by atoms with Gasteiger partial charge in [0.15, 0.2) is 0 Å². The second kappa shape index (κ2) is 6.37. The lowest BCUT2D eigenvalue weighted by molar-refractivity contribution is 0.0696. The molecular formula is C15H13ClN2O3. The third kappa shape index (κ3) is 3.79. The molecule has 0 radical (unpaired) electrons. The molecule has 0 aliphatic heterocycles. The molecule has 0 atom stereocenters. The highest BCUT2D eigenvalue weighted by Crippen LogP contribution is 2.15. The first kappa shape index (κ1) is 15.0. The Labute approximate surface area is 126 Å². The van der Waals surface area contributed by atoms with E-state index in [4.69, 9.17) is 16.7 Å². The van der Waals surface area contributed by atoms with Gasteiger partial charge in [-0.1, -0.05) is 11.6 Å². The highest BCUT2D eigenvalue weighted by molar-refractivity contribution is 6.30. The van der Waals surface area contributed by atoms with Gasteiger partial charge in [0.1, 0.15) is 0 Å². The number of carbonyl (C=O) groups is 2. The number of carboxylic acid groups (broad SMARTS) is 1. The zero-order chi connectivity index (χ0) is 15.4. The minimum Gasteiger partial charge on any atom is -0.478 e. The summed E-state index contributed by atoms with van der Waals surface area (Å²) >= 11 is 5.84. The summed E-state index contributed by atoms with van der Waals surface area (Å²) in [6, 6.07) is 7.83. The molecule has 2 rings (SSSR count). The fraction of sp³-hybridized carbons (Fsp3) is 0.133. The number of pyridine rings is 1. The molecule has 21 heavy (non-hydrogen) atoms. The summed E-state index contributed by atoms with van der Waals surface area (Å²) in [4.78, 5) is 27.0. The first-order chi connectivity index (χ1) is 9.97. The Bertz CT molecular complexity index is 701. The Hall–Kier alpha value is -2.40. The van der Waals surface area contributed by atoms with E-state index in [9.17, 15) is 9.59 Å². The maximum Gasteiger partial charge on any atom is 0.335 e. The quantitative estimate of drug-likeness (QED) is 0.910. The van der Waals surface area contributed by atoms with Crippen LogP contribution in [0.3, 0.4) is 0 Å². The van der Waals surface area contributed by atoms with Crippen LogP contribution in [0.4, 0.5) is 0 Å². The van der Waals surface area contributed by atoms with Crippen LogP contribution in [0.5, 0.6) is 0 Å². The van der Waals surface area contributed by atoms with Gasteiger partial charge in [0.25, 0.3) is 5.91 Å². The molecule has 5 nitrogen and oxygen atoms in total. The summed E-state index contributed by atoms with van der Waals surface area (Å²) in [7, 11) is 0. The van der Waals surface area contributed by atoms with Crippen LogP contribution in [0.25, 0.3) is 0 Å². The zero-order valence-electron chi connectivity index (χ0n) is 11.3. The number of halogens is 1. The van der Waals surface area contributed by atoms with Gasteiger partial charge in [0.05, 0.1) is 17.8 Å². The van der Waals surface area contributed by atoms with Crippen molar-refractivity contribution in [3.63, 3.8) is 0 Å². The van der Waals surface area contributed by atoms with E-state index in [0.717, 1.165) is 5.56 Å². The summed E-state index contributed by atoms with van der Waals surface area (Å²) in [5, 5.41) is 12.2. The Balaban J connectivity index is 2.07. The van der Waals surface area contributed by atoms with Gasteiger partial charge < -0.3 is 10.4 Å². The molecule has 0 bridgehead atoms. The van der Waals surface area contributed by atoms with Crippen molar-refractivity contribution in [1.29, 1.82) is 0 Å². The smallest absolute Gasteiger partial charge is 0.335 e. The molecule has 0 saturated carbocycles. The molecule has 1 aromatic heterocycles. The van der Waals surface area contributed by atoms with E-state index in [1.165, 1.54) is 18.3 Å². The van der Waals surface area contributed by atoms with Crippen molar-refractivity contribution in [3.05, 3.63) is 63.9 Å². The van der Waals surface area contributed by atoms with Crippen LogP contribution in [-0.2, 0) is 6.54 Å². The SMILES string of the molecule is Cc1cc(Cl)ccc1C(=O)NCc1cc(C(=O)O)ccn1. The standard InChI is InChI=1S/C15H13ClN2O3/c1-9-6-11(16)2-3-13(9)14(19)18-8-12-7-10(15(20)21)4-5-17-12/h2-7H,8H2,1H3,(H,18,19)(H,20,21). The van der Waals surface area contributed by atoms with Gasteiger partial charge in [-0.05, 0) is 42.8 Å². The van der Waals surface area contributed by atoms with E-state index in [1.807, 2.05) is 0 Å². The minimum absolute atomic E-state index is 0.136. The van der Waals surface area contributed by atoms with Crippen molar-refractivity contribution in [2.75, 3.05) is 0 Å². The summed E-state index contributed by atoms with van der Waals surface area (Å²) in [5.41, 5.74) is 1.91. The van der Waals surface area contributed by atoms with Crippen molar-refractivity contribution in [3.8, 4) is 0 Å². The summed E-state index contributed by atoms with van der Waals surface area (Å²) in [6.45, 7) is 1.95. The van der Waals surface area contributed by atoms with Crippen LogP contribution >= 0.6 is 11.6 Å². The van der Waals surface area contributed by atoms with Crippen LogP contribution in [0.2, 0.25) is 5.02 Å². The zero-order valence-corrected chi connectivity index (χ0v) is 12.0. The lowest BCUT2D eigenvalue weighted by Crippen LogP contribution is -2.24. The Morgan fingerprint density at radius 2 is 2.05 bits per heavy atom. The van der Waals surface area contributed by atoms with Crippen LogP contribution in [0.15, 0.2) is 36.5 Å². The van der Waals surface area contributed by atoms with Crippen molar-refractivity contribution in [1.82, 2.24) is 10.3 Å². The molecule has 108 valence electrons. The number of nitrogens with one attached hydrogen (secondary N) is 1. The normalized spacial score (nSPS) is 10.2. The second-order valence-corrected chi connectivity index (χ2v) is 4.92. The number of carbonyl (C=O) groups excluding carboxylic acids is 1. The molecule has 2 N–H and O–H groups in total. The number of nitrogens with zero attached hydrogens (tertiary/aromatic N) is 1. The molecule has 1 heterocycles. The highest BCUT2D eigenvalue weighted by Gasteiger charge is 2.10. The van der Waals surface area contributed by atoms with Crippen molar-refractivity contribution < 1.29 is 14.7 Å². The molecule has 0 aliphatic rings. The second-order valence-electron chi connectivity index (χ2n) is 4.48. The van der Waals surface area contributed by atoms with Crippen molar-refractivity contribution in [2.24, 2.45) is 0 Å². The van der Waals surface area contributed by atoms with Crippen molar-refractivity contribution in [2.45, 2.75) is 13.5 Å². The van der Waals surface area contributed by atoms with Gasteiger partial charge in [0.2, 0.25) is 0 Å². The fourth-order valence-electron chi connectivity index (χ4n) is 1.86. The number of carboxylic acids is 1. The van der Waals surface area contributed by atoms with Gasteiger partial charge >= 0.3 is 5.97 Å². The molecule has 2 aromatic rings. The Morgan fingerprint density at radius 3 is 2.71 bits per heavy atom. The van der Waals surface area contributed by atoms with Crippen LogP contribution < -0.4 is 5.32 Å². The summed E-state index contributed by atoms with van der Waals surface area (Å²) in [5.74, 6) is -1.29. The van der Waals surface area contributed by atoms with E-state index in [0.29, 0.717) is 16.3 Å². The predicted octanol–water partition coefficient (Wildman–Crippen LogP) is 2.67. The molecule has 0 spiro atoms. The number of hydrogen-bond donors (Lipinski definition) is 2. The monoisotopic (exact) mass is 304 g/mol. The third-order valence-electron chi connectivity index (χ3n) is 2.93. The van der Waals surface area contributed by atoms with Crippen molar-refractivity contribution >= 4 is 23.5 Å². The maximum absolute atomic E-state index is 12.1. The Morgan fingerprint density at radius 1 is 1.29 bits per heavy atom. The highest BCUT2D eigenvalue weighted by atomic mass is 35.5. The number of aromatic carboxylic acids is 1. The van der Waals surface area contributed by atoms with Gasteiger partial charge in [-0.25, -0.2) is 4.79 Å². The molecule has 0 aliphatic carbocycles. The number of aromatic nitrogens is 1. The summed E-state index contributed by atoms with van der Waals surface area (Å²) in [6.07, 6.45) is 1.40.